The Morgan fingerprint density at radius 1 is 1.07 bits per heavy atom. The molecule has 7 nitrogen and oxygen atoms in total. The van der Waals surface area contributed by atoms with Gasteiger partial charge in [0.25, 0.3) is 5.91 Å². The van der Waals surface area contributed by atoms with Crippen molar-refractivity contribution in [3.63, 3.8) is 0 Å². The Morgan fingerprint density at radius 2 is 1.86 bits per heavy atom. The molecule has 29 heavy (non-hydrogen) atoms. The Morgan fingerprint density at radius 3 is 2.66 bits per heavy atom. The van der Waals surface area contributed by atoms with Gasteiger partial charge >= 0.3 is 0 Å². The number of amides is 1. The first-order chi connectivity index (χ1) is 13.9. The molecule has 0 unspecified atom stereocenters. The van der Waals surface area contributed by atoms with Crippen LogP contribution in [0.5, 0.6) is 5.75 Å². The van der Waals surface area contributed by atoms with Crippen LogP contribution >= 0.6 is 11.3 Å². The first-order valence-corrected chi connectivity index (χ1v) is 11.0. The van der Waals surface area contributed by atoms with Crippen LogP contribution in [0.15, 0.2) is 65.6 Å². The average molecular weight is 428 g/mol. The van der Waals surface area contributed by atoms with Crippen molar-refractivity contribution in [2.75, 3.05) is 19.0 Å². The molecule has 9 heteroatoms. The van der Waals surface area contributed by atoms with Crippen LogP contribution in [0.4, 0.5) is 5.13 Å². The van der Waals surface area contributed by atoms with E-state index < -0.39 is 10.0 Å². The number of nitrogens with one attached hydrogen (secondary N) is 2. The van der Waals surface area contributed by atoms with Gasteiger partial charge in [0.2, 0.25) is 10.0 Å². The van der Waals surface area contributed by atoms with Gasteiger partial charge in [-0.25, -0.2) is 18.1 Å². The fourth-order valence-electron chi connectivity index (χ4n) is 2.80. The smallest absolute Gasteiger partial charge is 0.264 e. The topological polar surface area (TPSA) is 97.4 Å². The summed E-state index contributed by atoms with van der Waals surface area (Å²) in [6.45, 7) is -0.159. The van der Waals surface area contributed by atoms with E-state index in [2.05, 4.69) is 15.0 Å². The van der Waals surface area contributed by atoms with Gasteiger partial charge in [-0.15, -0.1) is 0 Å². The van der Waals surface area contributed by atoms with Gasteiger partial charge in [0, 0.05) is 0 Å². The van der Waals surface area contributed by atoms with Crippen LogP contribution in [-0.4, -0.2) is 33.0 Å². The molecule has 1 aromatic heterocycles. The van der Waals surface area contributed by atoms with E-state index in [1.165, 1.54) is 30.5 Å². The van der Waals surface area contributed by atoms with Gasteiger partial charge in [0.05, 0.1) is 15.1 Å². The highest BCUT2D eigenvalue weighted by atomic mass is 32.2. The highest BCUT2D eigenvalue weighted by Crippen LogP contribution is 2.28. The van der Waals surface area contributed by atoms with Crippen molar-refractivity contribution in [2.24, 2.45) is 0 Å². The van der Waals surface area contributed by atoms with E-state index in [-0.39, 0.29) is 17.4 Å². The predicted molar refractivity (Wildman–Crippen MR) is 114 cm³/mol. The molecule has 3 aromatic carbocycles. The molecule has 0 bridgehead atoms. The minimum Gasteiger partial charge on any atom is -0.484 e. The number of hydrogen-bond acceptors (Lipinski definition) is 6. The first-order valence-electron chi connectivity index (χ1n) is 8.70. The lowest BCUT2D eigenvalue weighted by Crippen LogP contribution is -2.19. The second-order valence-corrected chi connectivity index (χ2v) is 9.12. The summed E-state index contributed by atoms with van der Waals surface area (Å²) in [6.07, 6.45) is 0. The molecule has 0 radical (unpaired) electrons. The summed E-state index contributed by atoms with van der Waals surface area (Å²) in [5.41, 5.74) is 0.607. The Bertz CT molecular complexity index is 1320. The molecular weight excluding hydrogens is 410 g/mol. The van der Waals surface area contributed by atoms with Crippen LogP contribution in [0, 0.1) is 0 Å². The van der Waals surface area contributed by atoms with Crippen molar-refractivity contribution >= 4 is 53.4 Å². The number of anilines is 1. The maximum absolute atomic E-state index is 12.2. The SMILES string of the molecule is CNS(=O)(=O)c1ccc2nc(NC(=O)COc3ccc4ccccc4c3)sc2c1. The predicted octanol–water partition coefficient (Wildman–Crippen LogP) is 3.38. The zero-order chi connectivity index (χ0) is 20.4. The molecule has 4 rings (SSSR count). The molecule has 0 aliphatic carbocycles. The molecule has 0 spiro atoms. The van der Waals surface area contributed by atoms with Crippen LogP contribution < -0.4 is 14.8 Å². The number of carbonyl (C=O) groups is 1. The minimum absolute atomic E-state index is 0.147. The van der Waals surface area contributed by atoms with Gasteiger partial charge in [-0.05, 0) is 48.2 Å². The second kappa shape index (κ2) is 7.78. The fraction of sp³-hybridized carbons (Fsp3) is 0.100. The largest absolute Gasteiger partial charge is 0.484 e. The Labute approximate surface area is 171 Å². The number of nitrogens with zero attached hydrogens (tertiary/aromatic N) is 1. The molecule has 148 valence electrons. The molecule has 2 N–H and O–H groups in total. The van der Waals surface area contributed by atoms with Crippen LogP contribution in [-0.2, 0) is 14.8 Å². The van der Waals surface area contributed by atoms with Crippen molar-refractivity contribution in [3.8, 4) is 5.75 Å². The van der Waals surface area contributed by atoms with Crippen molar-refractivity contribution in [3.05, 3.63) is 60.7 Å². The summed E-state index contributed by atoms with van der Waals surface area (Å²) in [5, 5.41) is 5.20. The van der Waals surface area contributed by atoms with Gasteiger partial charge in [-0.3, -0.25) is 10.1 Å². The Balaban J connectivity index is 1.44. The molecule has 0 fully saturated rings. The summed E-state index contributed by atoms with van der Waals surface area (Å²) in [6, 6.07) is 18.1. The maximum atomic E-state index is 12.2. The molecule has 0 saturated carbocycles. The number of thiazole rings is 1. The van der Waals surface area contributed by atoms with Crippen molar-refractivity contribution in [1.82, 2.24) is 9.71 Å². The van der Waals surface area contributed by atoms with Crippen LogP contribution in [0.25, 0.3) is 21.0 Å². The van der Waals surface area contributed by atoms with E-state index in [0.717, 1.165) is 10.8 Å². The lowest BCUT2D eigenvalue weighted by Gasteiger charge is -2.07. The van der Waals surface area contributed by atoms with E-state index >= 15 is 0 Å². The number of benzene rings is 3. The van der Waals surface area contributed by atoms with E-state index in [9.17, 15) is 13.2 Å². The number of fused-ring (bicyclic) bond motifs is 2. The summed E-state index contributed by atoms with van der Waals surface area (Å²) < 4.78 is 32.3. The van der Waals surface area contributed by atoms with Crippen LogP contribution in [0.1, 0.15) is 0 Å². The lowest BCUT2D eigenvalue weighted by atomic mass is 10.1. The molecule has 4 aromatic rings. The van der Waals surface area contributed by atoms with Gasteiger partial charge in [0.15, 0.2) is 11.7 Å². The molecular formula is C20H17N3O4S2. The van der Waals surface area contributed by atoms with Crippen molar-refractivity contribution in [1.29, 1.82) is 0 Å². The normalized spacial score (nSPS) is 11.6. The van der Waals surface area contributed by atoms with Gasteiger partial charge in [0.1, 0.15) is 5.75 Å². The summed E-state index contributed by atoms with van der Waals surface area (Å²) >= 11 is 1.20. The first kappa shape index (κ1) is 19.3. The third-order valence-corrected chi connectivity index (χ3v) is 6.62. The second-order valence-electron chi connectivity index (χ2n) is 6.20. The van der Waals surface area contributed by atoms with E-state index in [0.29, 0.717) is 21.1 Å². The standard InChI is InChI=1S/C20H17N3O4S2/c1-21-29(25,26)16-8-9-17-18(11-16)28-20(22-17)23-19(24)12-27-15-7-6-13-4-2-3-5-14(13)10-15/h2-11,21H,12H2,1H3,(H,22,23,24). The molecule has 0 atom stereocenters. The van der Waals surface area contributed by atoms with Crippen LogP contribution in [0.3, 0.4) is 0 Å². The summed E-state index contributed by atoms with van der Waals surface area (Å²) in [7, 11) is -2.18. The lowest BCUT2D eigenvalue weighted by molar-refractivity contribution is -0.118. The maximum Gasteiger partial charge on any atom is 0.264 e. The molecule has 1 heterocycles. The molecule has 0 aliphatic rings. The number of rotatable bonds is 6. The van der Waals surface area contributed by atoms with Crippen molar-refractivity contribution < 1.29 is 17.9 Å². The summed E-state index contributed by atoms with van der Waals surface area (Å²) in [5.74, 6) is 0.255. The zero-order valence-electron chi connectivity index (χ0n) is 15.4. The number of hydrogen-bond donors (Lipinski definition) is 2. The molecule has 0 saturated heterocycles. The Kier molecular flexibility index (Phi) is 5.18. The monoisotopic (exact) mass is 427 g/mol. The van der Waals surface area contributed by atoms with Gasteiger partial charge in [-0.2, -0.15) is 0 Å². The highest BCUT2D eigenvalue weighted by Gasteiger charge is 2.14. The van der Waals surface area contributed by atoms with E-state index in [4.69, 9.17) is 4.74 Å². The average Bonchev–Trinajstić information content (AvgIpc) is 3.13. The van der Waals surface area contributed by atoms with Crippen LogP contribution in [0.2, 0.25) is 0 Å². The number of carbonyl (C=O) groups excluding carboxylic acids is 1. The molecule has 0 aliphatic heterocycles. The summed E-state index contributed by atoms with van der Waals surface area (Å²) in [4.78, 5) is 16.7. The quantitative estimate of drug-likeness (QED) is 0.492. The van der Waals surface area contributed by atoms with E-state index in [1.54, 1.807) is 6.07 Å². The zero-order valence-corrected chi connectivity index (χ0v) is 17.0. The Hall–Kier alpha value is -3.01. The minimum atomic E-state index is -3.54. The van der Waals surface area contributed by atoms with Gasteiger partial charge < -0.3 is 4.74 Å². The third-order valence-electron chi connectivity index (χ3n) is 4.28. The fourth-order valence-corrected chi connectivity index (χ4v) is 4.56. The highest BCUT2D eigenvalue weighted by molar-refractivity contribution is 7.89. The van der Waals surface area contributed by atoms with E-state index in [1.807, 2.05) is 42.5 Å². The van der Waals surface area contributed by atoms with Gasteiger partial charge in [-0.1, -0.05) is 41.7 Å². The molecule has 1 amide bonds. The number of aromatic nitrogens is 1. The number of ether oxygens (including phenoxy) is 1. The van der Waals surface area contributed by atoms with Crippen molar-refractivity contribution in [2.45, 2.75) is 4.90 Å². The third kappa shape index (κ3) is 4.21. The number of sulfonamides is 1.